The first-order valence-electron chi connectivity index (χ1n) is 9.22. The van der Waals surface area contributed by atoms with Gasteiger partial charge in [0.1, 0.15) is 0 Å². The lowest BCUT2D eigenvalue weighted by Gasteiger charge is -2.57. The molecule has 7 heteroatoms. The molecule has 2 aliphatic rings. The largest absolute Gasteiger partial charge is 0.335 e. The maximum atomic E-state index is 12.1. The summed E-state index contributed by atoms with van der Waals surface area (Å²) in [4.78, 5) is 15.4. The van der Waals surface area contributed by atoms with Crippen molar-refractivity contribution in [2.45, 2.75) is 44.8 Å². The molecule has 0 saturated heterocycles. The third-order valence-electron chi connectivity index (χ3n) is 5.70. The van der Waals surface area contributed by atoms with E-state index >= 15 is 0 Å². The van der Waals surface area contributed by atoms with Crippen molar-refractivity contribution >= 4 is 23.3 Å². The first kappa shape index (κ1) is 17.9. The Morgan fingerprint density at radius 3 is 2.70 bits per heavy atom. The summed E-state index contributed by atoms with van der Waals surface area (Å²) in [5.74, 6) is 0.628. The zero-order chi connectivity index (χ0) is 18.9. The van der Waals surface area contributed by atoms with Crippen molar-refractivity contribution in [2.75, 3.05) is 0 Å². The quantitative estimate of drug-likeness (QED) is 0.762. The molecule has 2 saturated carbocycles. The second-order valence-electron chi connectivity index (χ2n) is 7.87. The summed E-state index contributed by atoms with van der Waals surface area (Å²) in [6.07, 6.45) is 7.92. The molecule has 4 rings (SSSR count). The van der Waals surface area contributed by atoms with Crippen molar-refractivity contribution in [1.82, 2.24) is 20.4 Å². The molecule has 6 nitrogen and oxygen atoms in total. The van der Waals surface area contributed by atoms with Crippen molar-refractivity contribution in [3.8, 4) is 0 Å². The summed E-state index contributed by atoms with van der Waals surface area (Å²) >= 11 is 5.86. The Balaban J connectivity index is 1.14. The highest BCUT2D eigenvalue weighted by Crippen LogP contribution is 2.59. The van der Waals surface area contributed by atoms with E-state index in [0.29, 0.717) is 28.6 Å². The van der Waals surface area contributed by atoms with Gasteiger partial charge in [0.15, 0.2) is 0 Å². The Labute approximate surface area is 163 Å². The molecule has 2 aliphatic carbocycles. The molecule has 2 fully saturated rings. The van der Waals surface area contributed by atoms with Gasteiger partial charge in [0.2, 0.25) is 5.69 Å². The van der Waals surface area contributed by atoms with Crippen molar-refractivity contribution in [3.05, 3.63) is 58.7 Å². The Bertz CT molecular complexity index is 855. The van der Waals surface area contributed by atoms with Crippen molar-refractivity contribution in [2.24, 2.45) is 11.3 Å². The van der Waals surface area contributed by atoms with E-state index < -0.39 is 0 Å². The van der Waals surface area contributed by atoms with Crippen LogP contribution in [0, 0.1) is 17.9 Å². The van der Waals surface area contributed by atoms with Crippen molar-refractivity contribution < 1.29 is 4.79 Å². The van der Waals surface area contributed by atoms with Gasteiger partial charge in [-0.1, -0.05) is 23.7 Å². The molecular weight excluding hydrogens is 362 g/mol. The highest BCUT2D eigenvalue weighted by Gasteiger charge is 2.53. The van der Waals surface area contributed by atoms with E-state index in [4.69, 9.17) is 18.2 Å². The maximum absolute atomic E-state index is 12.1. The predicted octanol–water partition coefficient (Wildman–Crippen LogP) is 4.15. The van der Waals surface area contributed by atoms with E-state index in [-0.39, 0.29) is 12.1 Å². The number of halogens is 1. The minimum absolute atomic E-state index is 0.108. The second kappa shape index (κ2) is 7.24. The lowest BCUT2D eigenvalue weighted by molar-refractivity contribution is -0.0525. The van der Waals surface area contributed by atoms with E-state index in [1.54, 1.807) is 6.20 Å². The number of benzene rings is 1. The van der Waals surface area contributed by atoms with Gasteiger partial charge < -0.3 is 10.6 Å². The molecule has 27 heavy (non-hydrogen) atoms. The van der Waals surface area contributed by atoms with Crippen LogP contribution in [0.1, 0.15) is 31.2 Å². The maximum Gasteiger partial charge on any atom is 0.315 e. The average Bonchev–Trinajstić information content (AvgIpc) is 3.05. The van der Waals surface area contributed by atoms with Gasteiger partial charge in [-0.2, -0.15) is 5.10 Å². The normalized spacial score (nSPS) is 25.9. The lowest BCUT2D eigenvalue weighted by Crippen LogP contribution is -2.58. The molecule has 2 amide bonds. The second-order valence-corrected chi connectivity index (χ2v) is 8.30. The summed E-state index contributed by atoms with van der Waals surface area (Å²) in [7, 11) is 0. The van der Waals surface area contributed by atoms with Gasteiger partial charge in [0, 0.05) is 30.4 Å². The van der Waals surface area contributed by atoms with Gasteiger partial charge in [-0.25, -0.2) is 9.64 Å². The number of nitrogens with zero attached hydrogens (tertiary/aromatic N) is 3. The third-order valence-corrected chi connectivity index (χ3v) is 5.95. The molecular formula is C20H22ClN5O. The molecule has 0 atom stereocenters. The molecule has 1 spiro atoms. The highest BCUT2D eigenvalue weighted by atomic mass is 35.5. The van der Waals surface area contributed by atoms with E-state index in [1.165, 1.54) is 12.8 Å². The van der Waals surface area contributed by atoms with E-state index in [1.807, 2.05) is 35.1 Å². The van der Waals surface area contributed by atoms with Crippen LogP contribution in [0.3, 0.4) is 0 Å². The third kappa shape index (κ3) is 4.09. The molecule has 0 unspecified atom stereocenters. The average molecular weight is 384 g/mol. The van der Waals surface area contributed by atoms with Crippen LogP contribution in [-0.4, -0.2) is 21.9 Å². The topological polar surface area (TPSA) is 63.3 Å². The Hall–Kier alpha value is -2.52. The van der Waals surface area contributed by atoms with E-state index in [0.717, 1.165) is 24.9 Å². The van der Waals surface area contributed by atoms with Crippen LogP contribution in [0.15, 0.2) is 36.7 Å². The van der Waals surface area contributed by atoms with Gasteiger partial charge >= 0.3 is 6.03 Å². The summed E-state index contributed by atoms with van der Waals surface area (Å²) in [6.45, 7) is 8.38. The number of rotatable bonds is 5. The lowest BCUT2D eigenvalue weighted by atomic mass is 9.50. The smallest absolute Gasteiger partial charge is 0.315 e. The van der Waals surface area contributed by atoms with Gasteiger partial charge in [-0.05, 0) is 54.7 Å². The number of urea groups is 1. The first-order valence-corrected chi connectivity index (χ1v) is 9.60. The Morgan fingerprint density at radius 2 is 2.04 bits per heavy atom. The number of carbonyl (C=O) groups excluding carboxylic acids is 1. The number of hydrogen-bond acceptors (Lipinski definition) is 2. The first-order chi connectivity index (χ1) is 13.0. The molecule has 1 heterocycles. The SMILES string of the molecule is [C-]#[N+]c1cnn(CC2CC3(C2)CC(NC(=O)NCc2ccc(Cl)cc2)C3)c1. The molecule has 140 valence electrons. The van der Waals surface area contributed by atoms with Crippen molar-refractivity contribution in [1.29, 1.82) is 0 Å². The predicted molar refractivity (Wildman–Crippen MR) is 103 cm³/mol. The minimum Gasteiger partial charge on any atom is -0.335 e. The van der Waals surface area contributed by atoms with Crippen LogP contribution in [0.5, 0.6) is 0 Å². The molecule has 0 aliphatic heterocycles. The van der Waals surface area contributed by atoms with Crippen LogP contribution < -0.4 is 10.6 Å². The molecule has 0 radical (unpaired) electrons. The fraction of sp³-hybridized carbons (Fsp3) is 0.450. The number of nitrogens with one attached hydrogen (secondary N) is 2. The molecule has 2 aromatic rings. The number of aromatic nitrogens is 2. The van der Waals surface area contributed by atoms with Crippen molar-refractivity contribution in [3.63, 3.8) is 0 Å². The molecule has 1 aromatic heterocycles. The van der Waals surface area contributed by atoms with Gasteiger partial charge in [-0.15, -0.1) is 0 Å². The fourth-order valence-electron chi connectivity index (χ4n) is 4.51. The van der Waals surface area contributed by atoms with Crippen LogP contribution in [0.25, 0.3) is 4.85 Å². The summed E-state index contributed by atoms with van der Waals surface area (Å²) in [5, 5.41) is 10.9. The Kier molecular flexibility index (Phi) is 4.79. The Morgan fingerprint density at radius 1 is 1.30 bits per heavy atom. The van der Waals surface area contributed by atoms with E-state index in [2.05, 4.69) is 20.6 Å². The highest BCUT2D eigenvalue weighted by molar-refractivity contribution is 6.30. The fourth-order valence-corrected chi connectivity index (χ4v) is 4.64. The number of amides is 2. The summed E-state index contributed by atoms with van der Waals surface area (Å²) in [5.41, 5.74) is 2.04. The number of hydrogen-bond donors (Lipinski definition) is 2. The van der Waals surface area contributed by atoms with Crippen LogP contribution in [0.2, 0.25) is 5.02 Å². The molecule has 1 aromatic carbocycles. The monoisotopic (exact) mass is 383 g/mol. The zero-order valence-electron chi connectivity index (χ0n) is 15.0. The molecule has 2 N–H and O–H groups in total. The molecule has 0 bridgehead atoms. The van der Waals surface area contributed by atoms with Crippen LogP contribution in [-0.2, 0) is 13.1 Å². The standard InChI is InChI=1S/C20H22ClN5O/c1-22-18-11-24-26(13-18)12-15-6-20(7-15)8-17(9-20)25-19(27)23-10-14-2-4-16(21)5-3-14/h2-5,11,13,15,17H,6-10,12H2,(H2,23,25,27). The van der Waals surface area contributed by atoms with Crippen LogP contribution >= 0.6 is 11.6 Å². The van der Waals surface area contributed by atoms with Gasteiger partial charge in [0.05, 0.1) is 12.8 Å². The van der Waals surface area contributed by atoms with Crippen LogP contribution in [0.4, 0.5) is 10.5 Å². The summed E-state index contributed by atoms with van der Waals surface area (Å²) in [6, 6.07) is 7.64. The van der Waals surface area contributed by atoms with Gasteiger partial charge in [-0.3, -0.25) is 4.68 Å². The number of carbonyl (C=O) groups is 1. The summed E-state index contributed by atoms with van der Waals surface area (Å²) < 4.78 is 1.88. The van der Waals surface area contributed by atoms with E-state index in [9.17, 15) is 4.79 Å². The minimum atomic E-state index is -0.108. The zero-order valence-corrected chi connectivity index (χ0v) is 15.7. The van der Waals surface area contributed by atoms with Gasteiger partial charge in [0.25, 0.3) is 0 Å².